The van der Waals surface area contributed by atoms with Gasteiger partial charge in [0.1, 0.15) is 0 Å². The van der Waals surface area contributed by atoms with Crippen LogP contribution in [0.15, 0.2) is 88.8 Å². The minimum atomic E-state index is -3.71. The Bertz CT molecular complexity index is 1470. The highest BCUT2D eigenvalue weighted by Gasteiger charge is 2.23. The number of fused-ring (bicyclic) bond motifs is 1. The smallest absolute Gasteiger partial charge is 0.279 e. The van der Waals surface area contributed by atoms with Crippen LogP contribution in [0.25, 0.3) is 10.2 Å². The second-order valence-corrected chi connectivity index (χ2v) is 10.8. The lowest BCUT2D eigenvalue weighted by Gasteiger charge is -2.20. The van der Waals surface area contributed by atoms with Gasteiger partial charge in [0.25, 0.3) is 5.91 Å². The molecule has 0 N–H and O–H groups in total. The largest absolute Gasteiger partial charge is 0.383 e. The molecule has 182 valence electrons. The lowest BCUT2D eigenvalue weighted by Crippen LogP contribution is -2.30. The van der Waals surface area contributed by atoms with E-state index < -0.39 is 15.9 Å². The summed E-state index contributed by atoms with van der Waals surface area (Å²) in [5.41, 5.74) is 2.22. The molecule has 0 aliphatic heterocycles. The highest BCUT2D eigenvalue weighted by molar-refractivity contribution is 7.89. The summed E-state index contributed by atoms with van der Waals surface area (Å²) in [6, 6.07) is 23.3. The van der Waals surface area contributed by atoms with Crippen LogP contribution in [0.1, 0.15) is 22.8 Å². The van der Waals surface area contributed by atoms with E-state index in [1.54, 1.807) is 14.0 Å². The van der Waals surface area contributed by atoms with Crippen LogP contribution in [0.5, 0.6) is 0 Å². The zero-order valence-electron chi connectivity index (χ0n) is 19.6. The third-order valence-electron chi connectivity index (χ3n) is 5.60. The second kappa shape index (κ2) is 11.1. The minimum Gasteiger partial charge on any atom is -0.383 e. The average Bonchev–Trinajstić information content (AvgIpc) is 3.23. The number of benzene rings is 3. The lowest BCUT2D eigenvalue weighted by atomic mass is 10.2. The molecule has 0 saturated heterocycles. The Labute approximate surface area is 209 Å². The number of carbonyl (C=O) groups excluding carboxylic acids is 1. The summed E-state index contributed by atoms with van der Waals surface area (Å²) < 4.78 is 36.0. The Kier molecular flexibility index (Phi) is 7.92. The van der Waals surface area contributed by atoms with Gasteiger partial charge in [-0.15, -0.1) is 0 Å². The van der Waals surface area contributed by atoms with E-state index in [4.69, 9.17) is 4.74 Å². The van der Waals surface area contributed by atoms with Gasteiger partial charge in [0.05, 0.1) is 21.7 Å². The highest BCUT2D eigenvalue weighted by Crippen LogP contribution is 2.20. The van der Waals surface area contributed by atoms with Gasteiger partial charge in [-0.05, 0) is 42.0 Å². The van der Waals surface area contributed by atoms with Crippen LogP contribution in [0, 0.1) is 0 Å². The summed E-state index contributed by atoms with van der Waals surface area (Å²) in [6.45, 7) is 3.48. The average molecular weight is 510 g/mol. The van der Waals surface area contributed by atoms with Crippen LogP contribution >= 0.6 is 11.3 Å². The molecule has 0 saturated carbocycles. The van der Waals surface area contributed by atoms with E-state index >= 15 is 0 Å². The molecule has 0 aliphatic carbocycles. The molecule has 1 amide bonds. The van der Waals surface area contributed by atoms with Gasteiger partial charge in [0.15, 0.2) is 4.80 Å². The van der Waals surface area contributed by atoms with E-state index in [1.807, 2.05) is 59.2 Å². The van der Waals surface area contributed by atoms with Gasteiger partial charge < -0.3 is 9.30 Å². The van der Waals surface area contributed by atoms with E-state index in [0.717, 1.165) is 15.8 Å². The molecule has 0 aliphatic rings. The fraction of sp³-hybridized carbons (Fsp3) is 0.231. The number of rotatable bonds is 9. The van der Waals surface area contributed by atoms with Gasteiger partial charge in [-0.25, -0.2) is 8.42 Å². The molecule has 0 spiro atoms. The number of para-hydroxylation sites is 1. The van der Waals surface area contributed by atoms with Crippen molar-refractivity contribution in [2.75, 3.05) is 20.3 Å². The van der Waals surface area contributed by atoms with Crippen LogP contribution < -0.4 is 4.80 Å². The first-order valence-corrected chi connectivity index (χ1v) is 13.5. The van der Waals surface area contributed by atoms with Gasteiger partial charge in [0, 0.05) is 32.3 Å². The molecule has 1 heterocycles. The molecular formula is C26H27N3O4S2. The topological polar surface area (TPSA) is 81.0 Å². The molecule has 4 rings (SSSR count). The van der Waals surface area contributed by atoms with Crippen LogP contribution in [-0.4, -0.2) is 43.5 Å². The Morgan fingerprint density at radius 3 is 2.37 bits per heavy atom. The maximum absolute atomic E-state index is 13.2. The van der Waals surface area contributed by atoms with E-state index in [0.29, 0.717) is 30.1 Å². The van der Waals surface area contributed by atoms with E-state index in [2.05, 4.69) is 4.99 Å². The Morgan fingerprint density at radius 1 is 1.00 bits per heavy atom. The number of nitrogens with zero attached hydrogens (tertiary/aromatic N) is 3. The first-order chi connectivity index (χ1) is 16.9. The van der Waals surface area contributed by atoms with E-state index in [-0.39, 0.29) is 11.4 Å². The third kappa shape index (κ3) is 5.59. The molecule has 9 heteroatoms. The van der Waals surface area contributed by atoms with Crippen LogP contribution in [-0.2, 0) is 27.8 Å². The normalized spacial score (nSPS) is 12.5. The molecule has 0 bridgehead atoms. The molecule has 0 atom stereocenters. The molecule has 0 radical (unpaired) electrons. The van der Waals surface area contributed by atoms with Crippen molar-refractivity contribution < 1.29 is 17.9 Å². The fourth-order valence-corrected chi connectivity index (χ4v) is 6.22. The standard InChI is InChI=1S/C26H27N3O4S2/c1-3-28(19-20-9-5-4-6-10-20)35(31,32)22-15-13-21(14-16-22)25(30)27-26-29(17-18-33-2)23-11-7-8-12-24(23)34-26/h4-16H,3,17-19H2,1-2H3. The first-order valence-electron chi connectivity index (χ1n) is 11.2. The Balaban J connectivity index is 1.60. The van der Waals surface area contributed by atoms with Gasteiger partial charge in [-0.2, -0.15) is 9.30 Å². The number of aromatic nitrogens is 1. The maximum atomic E-state index is 13.2. The Morgan fingerprint density at radius 2 is 1.69 bits per heavy atom. The van der Waals surface area contributed by atoms with Gasteiger partial charge >= 0.3 is 0 Å². The van der Waals surface area contributed by atoms with Gasteiger partial charge in [-0.1, -0.05) is 60.7 Å². The summed E-state index contributed by atoms with van der Waals surface area (Å²) in [7, 11) is -2.08. The number of thiazole rings is 1. The zero-order chi connectivity index (χ0) is 24.8. The number of hydrogen-bond donors (Lipinski definition) is 0. The third-order valence-corrected chi connectivity index (χ3v) is 8.59. The van der Waals surface area contributed by atoms with Gasteiger partial charge in [-0.3, -0.25) is 4.79 Å². The van der Waals surface area contributed by atoms with Crippen molar-refractivity contribution in [3.8, 4) is 0 Å². The number of hydrogen-bond acceptors (Lipinski definition) is 5. The molecule has 0 fully saturated rings. The second-order valence-electron chi connectivity index (χ2n) is 7.85. The lowest BCUT2D eigenvalue weighted by molar-refractivity contribution is 0.0997. The number of amides is 1. The summed E-state index contributed by atoms with van der Waals surface area (Å²) in [6.07, 6.45) is 0. The monoisotopic (exact) mass is 509 g/mol. The van der Waals surface area contributed by atoms with Crippen molar-refractivity contribution in [2.45, 2.75) is 24.9 Å². The quantitative estimate of drug-likeness (QED) is 0.337. The van der Waals surface area contributed by atoms with Crippen molar-refractivity contribution in [2.24, 2.45) is 4.99 Å². The van der Waals surface area contributed by atoms with Crippen molar-refractivity contribution in [3.05, 3.63) is 94.8 Å². The van der Waals surface area contributed by atoms with Crippen molar-refractivity contribution in [1.29, 1.82) is 0 Å². The minimum absolute atomic E-state index is 0.142. The number of sulfonamides is 1. The van der Waals surface area contributed by atoms with Crippen LogP contribution in [0.4, 0.5) is 0 Å². The molecular weight excluding hydrogens is 482 g/mol. The van der Waals surface area contributed by atoms with Crippen molar-refractivity contribution in [3.63, 3.8) is 0 Å². The van der Waals surface area contributed by atoms with E-state index in [9.17, 15) is 13.2 Å². The van der Waals surface area contributed by atoms with Crippen LogP contribution in [0.2, 0.25) is 0 Å². The molecule has 4 aromatic rings. The fourth-order valence-electron chi connectivity index (χ4n) is 3.73. The van der Waals surface area contributed by atoms with Gasteiger partial charge in [0.2, 0.25) is 10.0 Å². The first kappa shape index (κ1) is 25.0. The summed E-state index contributed by atoms with van der Waals surface area (Å²) in [4.78, 5) is 18.0. The zero-order valence-corrected chi connectivity index (χ0v) is 21.3. The molecule has 35 heavy (non-hydrogen) atoms. The predicted octanol–water partition coefficient (Wildman–Crippen LogP) is 4.30. The molecule has 0 unspecified atom stereocenters. The molecule has 3 aromatic carbocycles. The SMILES string of the molecule is CCN(Cc1ccccc1)S(=O)(=O)c1ccc(C(=O)N=c2sc3ccccc3n2CCOC)cc1. The number of methoxy groups -OCH3 is 1. The molecule has 7 nitrogen and oxygen atoms in total. The molecule has 1 aromatic heterocycles. The van der Waals surface area contributed by atoms with E-state index in [1.165, 1.54) is 39.9 Å². The maximum Gasteiger partial charge on any atom is 0.279 e. The Hall–Kier alpha value is -3.11. The van der Waals surface area contributed by atoms with Crippen molar-refractivity contribution in [1.82, 2.24) is 8.87 Å². The van der Waals surface area contributed by atoms with Crippen molar-refractivity contribution >= 4 is 37.5 Å². The highest BCUT2D eigenvalue weighted by atomic mass is 32.2. The van der Waals surface area contributed by atoms with Crippen LogP contribution in [0.3, 0.4) is 0 Å². The predicted molar refractivity (Wildman–Crippen MR) is 138 cm³/mol. The number of ether oxygens (including phenoxy) is 1. The summed E-state index contributed by atoms with van der Waals surface area (Å²) in [5, 5.41) is 0. The summed E-state index contributed by atoms with van der Waals surface area (Å²) in [5.74, 6) is -0.427. The number of carbonyl (C=O) groups is 1. The summed E-state index contributed by atoms with van der Waals surface area (Å²) >= 11 is 1.43.